The van der Waals surface area contributed by atoms with Crippen LogP contribution in [0.15, 0.2) is 24.3 Å². The summed E-state index contributed by atoms with van der Waals surface area (Å²) < 4.78 is 0. The fraction of sp³-hybridized carbons (Fsp3) is 0.429. The Morgan fingerprint density at radius 1 is 0.457 bits per heavy atom. The van der Waals surface area contributed by atoms with Gasteiger partial charge in [-0.1, -0.05) is 72.7 Å². The molecule has 0 N–H and O–H groups in total. The summed E-state index contributed by atoms with van der Waals surface area (Å²) in [5.74, 6) is 24.0. The van der Waals surface area contributed by atoms with Gasteiger partial charge in [-0.25, -0.2) is 0 Å². The largest absolute Gasteiger partial charge is 0.101 e. The summed E-state index contributed by atoms with van der Waals surface area (Å²) >= 11 is 0. The Morgan fingerprint density at radius 3 is 0.714 bits per heavy atom. The van der Waals surface area contributed by atoms with Gasteiger partial charge in [-0.3, -0.25) is 0 Å². The van der Waals surface area contributed by atoms with Crippen molar-refractivity contribution in [3.8, 4) is 47.4 Å². The molecule has 0 heteroatoms. The summed E-state index contributed by atoms with van der Waals surface area (Å²) in [5.41, 5.74) is 9.20. The van der Waals surface area contributed by atoms with Crippen molar-refractivity contribution in [3.63, 3.8) is 0 Å². The molecular weight excluding hydrogens is 420 g/mol. The Kier molecular flexibility index (Phi) is 26.5. The van der Waals surface area contributed by atoms with Crippen LogP contribution in [0.4, 0.5) is 0 Å². The molecule has 2 aromatic carbocycles. The third kappa shape index (κ3) is 15.2. The van der Waals surface area contributed by atoms with Crippen molar-refractivity contribution in [3.05, 3.63) is 68.8 Å². The lowest BCUT2D eigenvalue weighted by Crippen LogP contribution is -1.89. The molecule has 2 aromatic rings. The molecule has 190 valence electrons. The third-order valence-corrected chi connectivity index (χ3v) is 4.18. The first-order valence-electron chi connectivity index (χ1n) is 11.7. The molecule has 0 atom stereocenters. The van der Waals surface area contributed by atoms with Crippen LogP contribution in [-0.2, 0) is 0 Å². The maximum Gasteiger partial charge on any atom is 0.0277 e. The number of hydrogen-bond acceptors (Lipinski definition) is 0. The number of aryl methyl sites for hydroxylation is 4. The van der Waals surface area contributed by atoms with Crippen LogP contribution in [0.3, 0.4) is 0 Å². The molecule has 0 saturated carbocycles. The van der Waals surface area contributed by atoms with E-state index in [2.05, 4.69) is 113 Å². The minimum absolute atomic E-state index is 0. The summed E-state index contributed by atoms with van der Waals surface area (Å²) in [6.45, 7) is 24.0. The molecule has 0 bridgehead atoms. The molecule has 0 unspecified atom stereocenters. The summed E-state index contributed by atoms with van der Waals surface area (Å²) in [7, 11) is 0. The van der Waals surface area contributed by atoms with Crippen molar-refractivity contribution in [1.82, 2.24) is 0 Å². The van der Waals surface area contributed by atoms with Crippen molar-refractivity contribution in [2.24, 2.45) is 0 Å². The zero-order chi connectivity index (χ0) is 25.8. The van der Waals surface area contributed by atoms with Crippen molar-refractivity contribution in [2.45, 2.75) is 104 Å². The maximum absolute atomic E-state index is 3.09. The lowest BCUT2D eigenvalue weighted by Gasteiger charge is -2.03. The van der Waals surface area contributed by atoms with Crippen LogP contribution in [0.2, 0.25) is 0 Å². The zero-order valence-electron chi connectivity index (χ0n) is 23.0. The molecule has 0 radical (unpaired) electrons. The SMILES string of the molecule is C.C.CC.CC#Cc1cc(C)c(C#CC)cc1C.CC#Cc1cc(C)c(C#CC)cc1C.CCC. The predicted molar refractivity (Wildman–Crippen MR) is 163 cm³/mol. The molecule has 0 aliphatic heterocycles. The van der Waals surface area contributed by atoms with Gasteiger partial charge in [-0.2, -0.15) is 0 Å². The zero-order valence-corrected chi connectivity index (χ0v) is 23.0. The smallest absolute Gasteiger partial charge is 0.0277 e. The van der Waals surface area contributed by atoms with Gasteiger partial charge in [0.15, 0.2) is 0 Å². The van der Waals surface area contributed by atoms with E-state index in [1.807, 2.05) is 41.5 Å². The highest BCUT2D eigenvalue weighted by atomic mass is 14.0. The fourth-order valence-corrected chi connectivity index (χ4v) is 2.71. The summed E-state index contributed by atoms with van der Waals surface area (Å²) in [5, 5.41) is 0. The van der Waals surface area contributed by atoms with E-state index in [0.717, 1.165) is 22.3 Å². The predicted octanol–water partition coefficient (Wildman–Crippen LogP) is 9.81. The lowest BCUT2D eigenvalue weighted by molar-refractivity contribution is 1.09. The lowest BCUT2D eigenvalue weighted by atomic mass is 10.0. The van der Waals surface area contributed by atoms with E-state index < -0.39 is 0 Å². The molecular formula is C35H50. The Hall–Kier alpha value is -3.32. The van der Waals surface area contributed by atoms with Crippen molar-refractivity contribution in [1.29, 1.82) is 0 Å². The summed E-state index contributed by atoms with van der Waals surface area (Å²) in [4.78, 5) is 0. The molecule has 0 aromatic heterocycles. The number of rotatable bonds is 0. The van der Waals surface area contributed by atoms with Crippen molar-refractivity contribution in [2.75, 3.05) is 0 Å². The van der Waals surface area contributed by atoms with Gasteiger partial charge in [0.05, 0.1) is 0 Å². The average Bonchev–Trinajstić information content (AvgIpc) is 2.78. The van der Waals surface area contributed by atoms with E-state index in [9.17, 15) is 0 Å². The standard InChI is InChI=1S/2C14H14.C3H8.C2H6.2CH4/c2*1-5-7-13-9-12(4)14(8-6-2)10-11(13)3;1-3-2;1-2;;/h2*9-10H,1-4H3;3H2,1-2H3;1-2H3;2*1H4. The van der Waals surface area contributed by atoms with E-state index in [-0.39, 0.29) is 14.9 Å². The highest BCUT2D eigenvalue weighted by Crippen LogP contribution is 2.15. The van der Waals surface area contributed by atoms with E-state index in [1.165, 1.54) is 28.7 Å². The highest BCUT2D eigenvalue weighted by molar-refractivity contribution is 5.52. The van der Waals surface area contributed by atoms with Crippen LogP contribution in [-0.4, -0.2) is 0 Å². The highest BCUT2D eigenvalue weighted by Gasteiger charge is 2.01. The van der Waals surface area contributed by atoms with E-state index in [0.29, 0.717) is 0 Å². The van der Waals surface area contributed by atoms with Crippen LogP contribution in [0.5, 0.6) is 0 Å². The van der Waals surface area contributed by atoms with Crippen LogP contribution in [0.25, 0.3) is 0 Å². The first kappa shape index (κ1) is 38.9. The van der Waals surface area contributed by atoms with Crippen LogP contribution in [0, 0.1) is 75.1 Å². The Labute approximate surface area is 220 Å². The molecule has 0 aliphatic rings. The van der Waals surface area contributed by atoms with E-state index in [1.54, 1.807) is 0 Å². The second kappa shape index (κ2) is 23.8. The van der Waals surface area contributed by atoms with Crippen LogP contribution >= 0.6 is 0 Å². The quantitative estimate of drug-likeness (QED) is 0.336. The normalized spacial score (nSPS) is 7.31. The molecule has 0 fully saturated rings. The summed E-state index contributed by atoms with van der Waals surface area (Å²) in [6.07, 6.45) is 1.25. The molecule has 2 rings (SSSR count). The molecule has 0 heterocycles. The molecule has 0 nitrogen and oxygen atoms in total. The van der Waals surface area contributed by atoms with Gasteiger partial charge in [0.2, 0.25) is 0 Å². The van der Waals surface area contributed by atoms with Crippen LogP contribution in [0.1, 0.15) is 121 Å². The second-order valence-electron chi connectivity index (χ2n) is 7.17. The van der Waals surface area contributed by atoms with Crippen molar-refractivity contribution < 1.29 is 0 Å². The first-order valence-corrected chi connectivity index (χ1v) is 11.7. The van der Waals surface area contributed by atoms with Gasteiger partial charge in [0.25, 0.3) is 0 Å². The Balaban J connectivity index is -0.000000221. The maximum atomic E-state index is 3.09. The third-order valence-electron chi connectivity index (χ3n) is 4.18. The molecule has 0 amide bonds. The summed E-state index contributed by atoms with van der Waals surface area (Å²) in [6, 6.07) is 8.41. The van der Waals surface area contributed by atoms with Gasteiger partial charge in [0, 0.05) is 22.3 Å². The average molecular weight is 471 g/mol. The van der Waals surface area contributed by atoms with Gasteiger partial charge >= 0.3 is 0 Å². The molecule has 0 saturated heterocycles. The van der Waals surface area contributed by atoms with Gasteiger partial charge in [-0.05, 0) is 102 Å². The van der Waals surface area contributed by atoms with E-state index in [4.69, 9.17) is 0 Å². The minimum atomic E-state index is 0. The van der Waals surface area contributed by atoms with Crippen molar-refractivity contribution >= 4 is 0 Å². The molecule has 0 spiro atoms. The molecule has 35 heavy (non-hydrogen) atoms. The van der Waals surface area contributed by atoms with Gasteiger partial charge in [-0.15, -0.1) is 23.7 Å². The first-order chi connectivity index (χ1) is 15.8. The topological polar surface area (TPSA) is 0 Å². The second-order valence-corrected chi connectivity index (χ2v) is 7.17. The van der Waals surface area contributed by atoms with E-state index >= 15 is 0 Å². The molecule has 0 aliphatic carbocycles. The Bertz CT molecular complexity index is 929. The number of hydrogen-bond donors (Lipinski definition) is 0. The van der Waals surface area contributed by atoms with Crippen LogP contribution < -0.4 is 0 Å². The minimum Gasteiger partial charge on any atom is -0.101 e. The monoisotopic (exact) mass is 470 g/mol. The van der Waals surface area contributed by atoms with Gasteiger partial charge in [0.1, 0.15) is 0 Å². The number of benzene rings is 2. The fourth-order valence-electron chi connectivity index (χ4n) is 2.71. The Morgan fingerprint density at radius 2 is 0.600 bits per heavy atom. The van der Waals surface area contributed by atoms with Gasteiger partial charge < -0.3 is 0 Å².